The molecule has 0 saturated carbocycles. The van der Waals surface area contributed by atoms with Crippen molar-refractivity contribution in [1.82, 2.24) is 0 Å². The summed E-state index contributed by atoms with van der Waals surface area (Å²) in [6.07, 6.45) is 0. The predicted molar refractivity (Wildman–Crippen MR) is 80.8 cm³/mol. The van der Waals surface area contributed by atoms with Gasteiger partial charge < -0.3 is 10.1 Å². The quantitative estimate of drug-likeness (QED) is 0.894. The van der Waals surface area contributed by atoms with Gasteiger partial charge >= 0.3 is 0 Å². The minimum absolute atomic E-state index is 0.0699. The molecule has 1 N–H and O–H groups in total. The second-order valence-corrected chi connectivity index (χ2v) is 4.73. The number of aryl methyl sites for hydroxylation is 2. The van der Waals surface area contributed by atoms with E-state index in [4.69, 9.17) is 10.00 Å². The summed E-state index contributed by atoms with van der Waals surface area (Å²) in [7, 11) is 0. The SMILES string of the molecule is Cc1ccc(C)c(NCc2ccccc2OCC#N)c1. The lowest BCUT2D eigenvalue weighted by molar-refractivity contribution is 0.364. The molecular formula is C17H18N2O. The Morgan fingerprint density at radius 1 is 1.15 bits per heavy atom. The van der Waals surface area contributed by atoms with E-state index in [1.807, 2.05) is 30.3 Å². The monoisotopic (exact) mass is 266 g/mol. The minimum Gasteiger partial charge on any atom is -0.478 e. The summed E-state index contributed by atoms with van der Waals surface area (Å²) in [6.45, 7) is 4.90. The van der Waals surface area contributed by atoms with Crippen LogP contribution in [0.3, 0.4) is 0 Å². The standard InChI is InChI=1S/C17H18N2O/c1-13-7-8-14(2)16(11-13)19-12-15-5-3-4-6-17(15)20-10-9-18/h3-8,11,19H,10,12H2,1-2H3. The normalized spacial score (nSPS) is 9.85. The molecular weight excluding hydrogens is 248 g/mol. The molecule has 0 aromatic heterocycles. The third-order valence-electron chi connectivity index (χ3n) is 3.13. The number of benzene rings is 2. The fourth-order valence-corrected chi connectivity index (χ4v) is 2.02. The Labute approximate surface area is 119 Å². The van der Waals surface area contributed by atoms with Crippen molar-refractivity contribution >= 4 is 5.69 Å². The second kappa shape index (κ2) is 6.63. The molecule has 2 aromatic carbocycles. The van der Waals surface area contributed by atoms with Gasteiger partial charge in [0.2, 0.25) is 0 Å². The Kier molecular flexibility index (Phi) is 4.62. The summed E-state index contributed by atoms with van der Waals surface area (Å²) in [6, 6.07) is 16.1. The van der Waals surface area contributed by atoms with E-state index in [0.717, 1.165) is 17.0 Å². The molecule has 3 heteroatoms. The maximum atomic E-state index is 8.60. The van der Waals surface area contributed by atoms with Crippen LogP contribution >= 0.6 is 0 Å². The highest BCUT2D eigenvalue weighted by molar-refractivity contribution is 5.53. The van der Waals surface area contributed by atoms with Crippen molar-refractivity contribution in [2.75, 3.05) is 11.9 Å². The topological polar surface area (TPSA) is 45.0 Å². The van der Waals surface area contributed by atoms with Crippen LogP contribution in [-0.2, 0) is 6.54 Å². The average Bonchev–Trinajstić information content (AvgIpc) is 2.47. The average molecular weight is 266 g/mol. The Morgan fingerprint density at radius 3 is 2.75 bits per heavy atom. The van der Waals surface area contributed by atoms with Gasteiger partial charge in [-0.2, -0.15) is 5.26 Å². The maximum Gasteiger partial charge on any atom is 0.174 e. The van der Waals surface area contributed by atoms with Gasteiger partial charge in [-0.15, -0.1) is 0 Å². The van der Waals surface area contributed by atoms with E-state index in [0.29, 0.717) is 6.54 Å². The first kappa shape index (κ1) is 14.0. The van der Waals surface area contributed by atoms with Gasteiger partial charge in [-0.3, -0.25) is 0 Å². The van der Waals surface area contributed by atoms with Gasteiger partial charge in [-0.1, -0.05) is 30.3 Å². The fraction of sp³-hybridized carbons (Fsp3) is 0.235. The van der Waals surface area contributed by atoms with E-state index in [-0.39, 0.29) is 6.61 Å². The Balaban J connectivity index is 2.11. The molecule has 0 atom stereocenters. The first-order valence-electron chi connectivity index (χ1n) is 6.59. The summed E-state index contributed by atoms with van der Waals surface area (Å²) in [5.74, 6) is 0.756. The molecule has 0 radical (unpaired) electrons. The van der Waals surface area contributed by atoms with Crippen LogP contribution < -0.4 is 10.1 Å². The number of hydrogen-bond donors (Lipinski definition) is 1. The summed E-state index contributed by atoms with van der Waals surface area (Å²) >= 11 is 0. The first-order chi connectivity index (χ1) is 9.70. The van der Waals surface area contributed by atoms with E-state index in [1.165, 1.54) is 11.1 Å². The van der Waals surface area contributed by atoms with Gasteiger partial charge in [0.1, 0.15) is 11.8 Å². The van der Waals surface area contributed by atoms with E-state index < -0.39 is 0 Å². The van der Waals surface area contributed by atoms with Crippen molar-refractivity contribution in [3.05, 3.63) is 59.2 Å². The molecule has 0 aliphatic rings. The Bertz CT molecular complexity index is 629. The van der Waals surface area contributed by atoms with Crippen LogP contribution in [0.5, 0.6) is 5.75 Å². The molecule has 2 aromatic rings. The third kappa shape index (κ3) is 3.52. The van der Waals surface area contributed by atoms with Crippen molar-refractivity contribution in [1.29, 1.82) is 5.26 Å². The zero-order chi connectivity index (χ0) is 14.4. The lowest BCUT2D eigenvalue weighted by Crippen LogP contribution is -2.04. The molecule has 0 spiro atoms. The van der Waals surface area contributed by atoms with Crippen LogP contribution in [0, 0.1) is 25.2 Å². The zero-order valence-corrected chi connectivity index (χ0v) is 11.8. The lowest BCUT2D eigenvalue weighted by atomic mass is 10.1. The molecule has 0 unspecified atom stereocenters. The molecule has 0 saturated heterocycles. The van der Waals surface area contributed by atoms with Crippen molar-refractivity contribution < 1.29 is 4.74 Å². The van der Waals surface area contributed by atoms with Gasteiger partial charge in [0.05, 0.1) is 0 Å². The number of para-hydroxylation sites is 1. The number of anilines is 1. The summed E-state index contributed by atoms with van der Waals surface area (Å²) < 4.78 is 5.43. The molecule has 0 aliphatic carbocycles. The van der Waals surface area contributed by atoms with Crippen LogP contribution in [0.2, 0.25) is 0 Å². The van der Waals surface area contributed by atoms with E-state index in [9.17, 15) is 0 Å². The van der Waals surface area contributed by atoms with Crippen molar-refractivity contribution in [3.63, 3.8) is 0 Å². The summed E-state index contributed by atoms with van der Waals surface area (Å²) in [4.78, 5) is 0. The molecule has 0 aliphatic heterocycles. The second-order valence-electron chi connectivity index (χ2n) is 4.73. The van der Waals surface area contributed by atoms with Gasteiger partial charge in [0, 0.05) is 17.8 Å². The molecule has 0 heterocycles. The number of nitrogens with one attached hydrogen (secondary N) is 1. The maximum absolute atomic E-state index is 8.60. The smallest absolute Gasteiger partial charge is 0.174 e. The molecule has 0 amide bonds. The molecule has 20 heavy (non-hydrogen) atoms. The summed E-state index contributed by atoms with van der Waals surface area (Å²) in [5, 5.41) is 12.0. The highest BCUT2D eigenvalue weighted by atomic mass is 16.5. The fourth-order valence-electron chi connectivity index (χ4n) is 2.02. The molecule has 3 nitrogen and oxygen atoms in total. The number of ether oxygens (including phenoxy) is 1. The van der Waals surface area contributed by atoms with E-state index in [1.54, 1.807) is 0 Å². The number of hydrogen-bond acceptors (Lipinski definition) is 3. The Morgan fingerprint density at radius 2 is 1.95 bits per heavy atom. The van der Waals surface area contributed by atoms with Crippen molar-refractivity contribution in [2.45, 2.75) is 20.4 Å². The third-order valence-corrected chi connectivity index (χ3v) is 3.13. The number of nitrogens with zero attached hydrogens (tertiary/aromatic N) is 1. The molecule has 2 rings (SSSR count). The first-order valence-corrected chi connectivity index (χ1v) is 6.59. The van der Waals surface area contributed by atoms with E-state index in [2.05, 4.69) is 37.4 Å². The minimum atomic E-state index is 0.0699. The van der Waals surface area contributed by atoms with Crippen molar-refractivity contribution in [2.24, 2.45) is 0 Å². The number of nitriles is 1. The van der Waals surface area contributed by atoms with Gasteiger partial charge in [-0.05, 0) is 37.1 Å². The van der Waals surface area contributed by atoms with E-state index >= 15 is 0 Å². The van der Waals surface area contributed by atoms with Gasteiger partial charge in [0.15, 0.2) is 6.61 Å². The van der Waals surface area contributed by atoms with Gasteiger partial charge in [-0.25, -0.2) is 0 Å². The predicted octanol–water partition coefficient (Wildman–Crippen LogP) is 3.82. The molecule has 0 bridgehead atoms. The summed E-state index contributed by atoms with van der Waals surface area (Å²) in [5.41, 5.74) is 4.61. The largest absolute Gasteiger partial charge is 0.478 e. The van der Waals surface area contributed by atoms with Crippen molar-refractivity contribution in [3.8, 4) is 11.8 Å². The van der Waals surface area contributed by atoms with Crippen LogP contribution in [-0.4, -0.2) is 6.61 Å². The highest BCUT2D eigenvalue weighted by Gasteiger charge is 2.04. The molecule has 0 fully saturated rings. The van der Waals surface area contributed by atoms with Crippen LogP contribution in [0.4, 0.5) is 5.69 Å². The zero-order valence-electron chi connectivity index (χ0n) is 11.8. The molecule has 102 valence electrons. The lowest BCUT2D eigenvalue weighted by Gasteiger charge is -2.13. The van der Waals surface area contributed by atoms with Crippen LogP contribution in [0.25, 0.3) is 0 Å². The Hall–Kier alpha value is -2.47. The van der Waals surface area contributed by atoms with Gasteiger partial charge in [0.25, 0.3) is 0 Å². The highest BCUT2D eigenvalue weighted by Crippen LogP contribution is 2.21. The number of rotatable bonds is 5. The van der Waals surface area contributed by atoms with Crippen LogP contribution in [0.15, 0.2) is 42.5 Å². The van der Waals surface area contributed by atoms with Crippen LogP contribution in [0.1, 0.15) is 16.7 Å².